The van der Waals surface area contributed by atoms with E-state index in [4.69, 9.17) is 0 Å². The summed E-state index contributed by atoms with van der Waals surface area (Å²) in [4.78, 5) is 29.6. The third kappa shape index (κ3) is 6.55. The predicted molar refractivity (Wildman–Crippen MR) is 136 cm³/mol. The quantitative estimate of drug-likeness (QED) is 0.218. The van der Waals surface area contributed by atoms with E-state index in [0.717, 1.165) is 0 Å². The monoisotopic (exact) mass is 568 g/mol. The number of hydrogen-bond donors (Lipinski definition) is 3. The van der Waals surface area contributed by atoms with Crippen LogP contribution in [0.1, 0.15) is 31.8 Å². The normalized spacial score (nSPS) is 11.8. The first kappa shape index (κ1) is 25.1. The summed E-state index contributed by atoms with van der Waals surface area (Å²) < 4.78 is 26.3. The average Bonchev–Trinajstić information content (AvgIpc) is 3.41. The summed E-state index contributed by atoms with van der Waals surface area (Å²) in [6.07, 6.45) is 2.58. The van der Waals surface area contributed by atoms with E-state index < -0.39 is 28.4 Å². The lowest BCUT2D eigenvalue weighted by Gasteiger charge is -2.11. The van der Waals surface area contributed by atoms with E-state index in [2.05, 4.69) is 47.0 Å². The molecule has 36 heavy (non-hydrogen) atoms. The number of carbonyl (C=O) groups excluding carboxylic acids is 2. The van der Waals surface area contributed by atoms with Crippen molar-refractivity contribution in [2.24, 2.45) is 5.10 Å². The van der Waals surface area contributed by atoms with Crippen molar-refractivity contribution in [3.63, 3.8) is 0 Å². The van der Waals surface area contributed by atoms with Gasteiger partial charge < -0.3 is 5.32 Å². The number of hydrogen-bond acceptors (Lipinski definition) is 6. The van der Waals surface area contributed by atoms with Crippen molar-refractivity contribution in [1.29, 1.82) is 0 Å². The highest BCUT2D eigenvalue weighted by Gasteiger charge is 2.16. The number of benzene rings is 3. The Morgan fingerprint density at radius 3 is 2.69 bits per heavy atom. The van der Waals surface area contributed by atoms with Crippen LogP contribution in [0.5, 0.6) is 0 Å². The largest absolute Gasteiger partial charge is 0.321 e. The smallest absolute Gasteiger partial charge is 0.273 e. The number of hydrazone groups is 1. The first-order valence-corrected chi connectivity index (χ1v) is 12.5. The first-order valence-electron chi connectivity index (χ1n) is 10.4. The average molecular weight is 569 g/mol. The van der Waals surface area contributed by atoms with Crippen LogP contribution in [0.15, 0.2) is 87.8 Å². The third-order valence-electron chi connectivity index (χ3n) is 4.80. The molecule has 4 rings (SSSR count). The molecule has 0 radical (unpaired) electrons. The lowest BCUT2D eigenvalue weighted by atomic mass is 10.1. The van der Waals surface area contributed by atoms with Crippen molar-refractivity contribution in [3.8, 4) is 0 Å². The zero-order valence-corrected chi connectivity index (χ0v) is 20.8. The highest BCUT2D eigenvalue weighted by Crippen LogP contribution is 2.22. The van der Waals surface area contributed by atoms with E-state index in [-0.39, 0.29) is 22.2 Å². The number of amides is 2. The molecule has 2 amide bonds. The molecule has 0 aliphatic rings. The molecule has 1 aromatic heterocycles. The predicted octanol–water partition coefficient (Wildman–Crippen LogP) is 4.03. The summed E-state index contributed by atoms with van der Waals surface area (Å²) in [7, 11) is -1.45. The second-order valence-corrected chi connectivity index (χ2v) is 9.66. The number of rotatable bonds is 8. The fourth-order valence-electron chi connectivity index (χ4n) is 3.15. The molecule has 9 nitrogen and oxygen atoms in total. The third-order valence-corrected chi connectivity index (χ3v) is 6.52. The lowest BCUT2D eigenvalue weighted by Crippen LogP contribution is -2.21. The molecule has 1 unspecified atom stereocenters. The van der Waals surface area contributed by atoms with Gasteiger partial charge in [0.05, 0.1) is 34.0 Å². The maximum absolute atomic E-state index is 13.3. The van der Waals surface area contributed by atoms with E-state index in [1.54, 1.807) is 48.5 Å². The molecule has 0 aliphatic heterocycles. The van der Waals surface area contributed by atoms with Gasteiger partial charge in [0.25, 0.3) is 11.8 Å². The standard InChI is InChI=1S/C24H18BrFN6O3S/c25-18-7-8-21(20(11-18)23(34)31-28-12-15-3-2-6-19(26)10-15)30-22(33)17-5-1-4-16(9-17)13-36(35)24-27-14-29-32-24/h1-12,14H,13H2,(H,30,33)(H,31,34)(H,27,29,32)/b28-12+. The van der Waals surface area contributed by atoms with Crippen molar-refractivity contribution in [3.05, 3.63) is 106 Å². The molecular weight excluding hydrogens is 551 g/mol. The number of nitrogens with one attached hydrogen (secondary N) is 3. The van der Waals surface area contributed by atoms with Gasteiger partial charge in [-0.15, -0.1) is 0 Å². The number of halogens is 2. The number of H-pyrrole nitrogens is 1. The molecule has 0 saturated heterocycles. The van der Waals surface area contributed by atoms with Crippen LogP contribution in [-0.4, -0.2) is 37.4 Å². The molecular formula is C24H18BrFN6O3S. The number of carbonyl (C=O) groups is 2. The molecule has 0 bridgehead atoms. The van der Waals surface area contributed by atoms with E-state index in [9.17, 15) is 18.2 Å². The van der Waals surface area contributed by atoms with E-state index in [1.807, 2.05) is 0 Å². The van der Waals surface area contributed by atoms with Gasteiger partial charge in [0.15, 0.2) is 0 Å². The lowest BCUT2D eigenvalue weighted by molar-refractivity contribution is 0.0956. The Morgan fingerprint density at radius 1 is 1.08 bits per heavy atom. The molecule has 3 N–H and O–H groups in total. The molecule has 12 heteroatoms. The SMILES string of the molecule is O=C(Nc1ccc(Br)cc1C(=O)N/N=C/c1cccc(F)c1)c1cccc(CS(=O)c2ncn[nH]2)c1. The molecule has 3 aromatic carbocycles. The molecule has 0 aliphatic carbocycles. The van der Waals surface area contributed by atoms with Crippen LogP contribution in [0.4, 0.5) is 10.1 Å². The number of nitrogens with zero attached hydrogens (tertiary/aromatic N) is 3. The van der Waals surface area contributed by atoms with Gasteiger partial charge in [-0.1, -0.05) is 40.2 Å². The maximum Gasteiger partial charge on any atom is 0.273 e. The molecule has 0 fully saturated rings. The van der Waals surface area contributed by atoms with Crippen LogP contribution in [-0.2, 0) is 16.6 Å². The van der Waals surface area contributed by atoms with Crippen LogP contribution in [0.3, 0.4) is 0 Å². The number of anilines is 1. The minimum atomic E-state index is -1.45. The van der Waals surface area contributed by atoms with Gasteiger partial charge >= 0.3 is 0 Å². The van der Waals surface area contributed by atoms with Gasteiger partial charge in [0.1, 0.15) is 12.1 Å². The summed E-state index contributed by atoms with van der Waals surface area (Å²) >= 11 is 3.32. The van der Waals surface area contributed by atoms with Crippen LogP contribution < -0.4 is 10.7 Å². The Hall–Kier alpha value is -4.03. The molecule has 0 saturated carbocycles. The zero-order chi connectivity index (χ0) is 25.5. The van der Waals surface area contributed by atoms with Gasteiger partial charge in [-0.25, -0.2) is 14.8 Å². The molecule has 1 heterocycles. The minimum absolute atomic E-state index is 0.144. The summed E-state index contributed by atoms with van der Waals surface area (Å²) in [5.74, 6) is -1.31. The minimum Gasteiger partial charge on any atom is -0.321 e. The second-order valence-electron chi connectivity index (χ2n) is 7.38. The summed E-state index contributed by atoms with van der Waals surface area (Å²) in [5, 5.41) is 13.1. The van der Waals surface area contributed by atoms with E-state index in [1.165, 1.54) is 30.7 Å². The second kappa shape index (κ2) is 11.6. The van der Waals surface area contributed by atoms with Crippen molar-refractivity contribution in [1.82, 2.24) is 20.6 Å². The Balaban J connectivity index is 1.47. The van der Waals surface area contributed by atoms with E-state index >= 15 is 0 Å². The zero-order valence-electron chi connectivity index (χ0n) is 18.4. The fourth-order valence-corrected chi connectivity index (χ4v) is 4.45. The summed E-state index contributed by atoms with van der Waals surface area (Å²) in [6, 6.07) is 17.2. The highest BCUT2D eigenvalue weighted by molar-refractivity contribution is 9.10. The number of aromatic nitrogens is 3. The van der Waals surface area contributed by atoms with Gasteiger partial charge in [0.2, 0.25) is 5.16 Å². The summed E-state index contributed by atoms with van der Waals surface area (Å²) in [6.45, 7) is 0. The van der Waals surface area contributed by atoms with Gasteiger partial charge in [-0.3, -0.25) is 18.9 Å². The van der Waals surface area contributed by atoms with Crippen molar-refractivity contribution >= 4 is 50.4 Å². The molecule has 1 atom stereocenters. The topological polar surface area (TPSA) is 129 Å². The van der Waals surface area contributed by atoms with Crippen molar-refractivity contribution < 1.29 is 18.2 Å². The van der Waals surface area contributed by atoms with Gasteiger partial charge in [0, 0.05) is 10.0 Å². The fraction of sp³-hybridized carbons (Fsp3) is 0.0417. The Morgan fingerprint density at radius 2 is 1.92 bits per heavy atom. The highest BCUT2D eigenvalue weighted by atomic mass is 79.9. The Kier molecular flexibility index (Phi) is 8.08. The van der Waals surface area contributed by atoms with Crippen LogP contribution in [0, 0.1) is 5.82 Å². The molecule has 182 valence electrons. The molecule has 0 spiro atoms. The number of aromatic amines is 1. The van der Waals surface area contributed by atoms with Crippen molar-refractivity contribution in [2.45, 2.75) is 10.9 Å². The van der Waals surface area contributed by atoms with Crippen LogP contribution in [0.25, 0.3) is 0 Å². The van der Waals surface area contributed by atoms with Gasteiger partial charge in [-0.05, 0) is 53.6 Å². The van der Waals surface area contributed by atoms with Crippen LogP contribution in [0.2, 0.25) is 0 Å². The van der Waals surface area contributed by atoms with E-state index in [0.29, 0.717) is 21.2 Å². The maximum atomic E-state index is 13.3. The Labute approximate surface area is 215 Å². The molecule has 4 aromatic rings. The Bertz CT molecular complexity index is 1460. The summed E-state index contributed by atoms with van der Waals surface area (Å²) in [5.41, 5.74) is 4.26. The van der Waals surface area contributed by atoms with Crippen LogP contribution >= 0.6 is 15.9 Å². The first-order chi connectivity index (χ1) is 17.4. The van der Waals surface area contributed by atoms with Gasteiger partial charge in [-0.2, -0.15) is 10.2 Å². The van der Waals surface area contributed by atoms with Crippen molar-refractivity contribution in [2.75, 3.05) is 5.32 Å².